The summed E-state index contributed by atoms with van der Waals surface area (Å²) >= 11 is 0. The molecule has 1 heterocycles. The van der Waals surface area contributed by atoms with Crippen molar-refractivity contribution in [3.8, 4) is 0 Å². The number of allylic oxidation sites excluding steroid dienone is 12. The average Bonchev–Trinajstić information content (AvgIpc) is 3.31. The molecule has 0 aromatic heterocycles. The van der Waals surface area contributed by atoms with Gasteiger partial charge < -0.3 is 39.4 Å². The van der Waals surface area contributed by atoms with Crippen molar-refractivity contribution in [3.63, 3.8) is 0 Å². The van der Waals surface area contributed by atoms with Gasteiger partial charge in [-0.2, -0.15) is 0 Å². The first-order valence-corrected chi connectivity index (χ1v) is 26.5. The van der Waals surface area contributed by atoms with Crippen LogP contribution >= 0.6 is 0 Å². The highest BCUT2D eigenvalue weighted by atomic mass is 16.7. The summed E-state index contributed by atoms with van der Waals surface area (Å²) < 4.78 is 22.9. The molecule has 65 heavy (non-hydrogen) atoms. The van der Waals surface area contributed by atoms with Crippen LogP contribution in [0.25, 0.3) is 0 Å². The number of aliphatic hydroxyl groups excluding tert-OH is 4. The molecule has 1 fully saturated rings. The standard InChI is InChI=1S/C56H98O9/c1-3-5-7-9-11-13-15-17-19-21-22-23-24-25-26-27-28-29-30-32-34-36-38-40-42-44-46-62-48-50(49-63-56-55(61)54(60)53(59)51(47-57)65-56)64-52(58)45-43-41-39-37-35-33-31-20-18-16-14-12-10-8-6-4-2/h5,7,11,13,17,19,22-23,25-26,28-29,50-51,53-57,59-61H,3-4,6,8-10,12,14-16,18,20-21,24,27,30-49H2,1-2H3/b7-5-,13-11-,19-17-,23-22-,26-25-,29-28-. The first-order valence-electron chi connectivity index (χ1n) is 26.5. The number of unbranched alkanes of at least 4 members (excludes halogenated alkanes) is 22. The molecule has 0 bridgehead atoms. The Bertz CT molecular complexity index is 1220. The van der Waals surface area contributed by atoms with E-state index in [1.54, 1.807) is 0 Å². The molecule has 6 unspecified atom stereocenters. The van der Waals surface area contributed by atoms with E-state index in [1.807, 2.05) is 0 Å². The Hall–Kier alpha value is -2.37. The molecule has 1 aliphatic rings. The van der Waals surface area contributed by atoms with Crippen molar-refractivity contribution in [2.24, 2.45) is 0 Å². The van der Waals surface area contributed by atoms with Gasteiger partial charge in [0.15, 0.2) is 6.29 Å². The van der Waals surface area contributed by atoms with Gasteiger partial charge in [0.05, 0.1) is 19.8 Å². The molecule has 0 aromatic rings. The lowest BCUT2D eigenvalue weighted by molar-refractivity contribution is -0.305. The van der Waals surface area contributed by atoms with E-state index in [2.05, 4.69) is 86.8 Å². The van der Waals surface area contributed by atoms with Crippen molar-refractivity contribution in [1.82, 2.24) is 0 Å². The fourth-order valence-electron chi connectivity index (χ4n) is 7.79. The van der Waals surface area contributed by atoms with E-state index < -0.39 is 43.4 Å². The van der Waals surface area contributed by atoms with Gasteiger partial charge in [-0.05, 0) is 64.2 Å². The summed E-state index contributed by atoms with van der Waals surface area (Å²) in [6.45, 7) is 4.43. The highest BCUT2D eigenvalue weighted by molar-refractivity contribution is 5.69. The van der Waals surface area contributed by atoms with Crippen LogP contribution in [0.1, 0.15) is 213 Å². The summed E-state index contributed by atoms with van der Waals surface area (Å²) in [6.07, 6.45) is 55.0. The number of aliphatic hydroxyl groups is 4. The second kappa shape index (κ2) is 46.7. The molecule has 9 heteroatoms. The second-order valence-electron chi connectivity index (χ2n) is 17.9. The first-order chi connectivity index (χ1) is 31.9. The van der Waals surface area contributed by atoms with E-state index in [0.29, 0.717) is 13.0 Å². The minimum atomic E-state index is -1.54. The molecule has 0 spiro atoms. The Morgan fingerprint density at radius 3 is 1.42 bits per heavy atom. The molecule has 0 radical (unpaired) electrons. The van der Waals surface area contributed by atoms with Gasteiger partial charge in [0, 0.05) is 13.0 Å². The normalized spacial score (nSPS) is 20.0. The molecule has 1 saturated heterocycles. The van der Waals surface area contributed by atoms with E-state index in [9.17, 15) is 25.2 Å². The monoisotopic (exact) mass is 915 g/mol. The Kier molecular flexibility index (Phi) is 43.6. The number of carbonyl (C=O) groups excluding carboxylic acids is 1. The van der Waals surface area contributed by atoms with Gasteiger partial charge >= 0.3 is 5.97 Å². The topological polar surface area (TPSA) is 135 Å². The predicted octanol–water partition coefficient (Wildman–Crippen LogP) is 13.2. The van der Waals surface area contributed by atoms with Gasteiger partial charge in [-0.1, -0.05) is 215 Å². The Morgan fingerprint density at radius 1 is 0.508 bits per heavy atom. The Morgan fingerprint density at radius 2 is 0.938 bits per heavy atom. The summed E-state index contributed by atoms with van der Waals surface area (Å²) in [5.74, 6) is -0.317. The van der Waals surface area contributed by atoms with Crippen molar-refractivity contribution in [2.75, 3.05) is 26.4 Å². The van der Waals surface area contributed by atoms with E-state index >= 15 is 0 Å². The fraction of sp³-hybridized carbons (Fsp3) is 0.768. The Balaban J connectivity index is 2.20. The third-order valence-corrected chi connectivity index (χ3v) is 11.9. The maximum Gasteiger partial charge on any atom is 0.306 e. The smallest absolute Gasteiger partial charge is 0.306 e. The summed E-state index contributed by atoms with van der Waals surface area (Å²) in [4.78, 5) is 12.8. The maximum absolute atomic E-state index is 12.8. The lowest BCUT2D eigenvalue weighted by Crippen LogP contribution is -2.59. The second-order valence-corrected chi connectivity index (χ2v) is 17.9. The van der Waals surface area contributed by atoms with E-state index in [-0.39, 0.29) is 19.2 Å². The largest absolute Gasteiger partial charge is 0.457 e. The molecular weight excluding hydrogens is 817 g/mol. The average molecular weight is 915 g/mol. The summed E-state index contributed by atoms with van der Waals surface area (Å²) in [7, 11) is 0. The number of ether oxygens (including phenoxy) is 4. The van der Waals surface area contributed by atoms with E-state index in [0.717, 1.165) is 83.5 Å². The molecule has 0 amide bonds. The number of esters is 1. The number of hydrogen-bond donors (Lipinski definition) is 4. The van der Waals surface area contributed by atoms with Crippen LogP contribution in [0.4, 0.5) is 0 Å². The minimum absolute atomic E-state index is 0.119. The molecule has 1 aliphatic heterocycles. The van der Waals surface area contributed by atoms with Crippen LogP contribution in [0.5, 0.6) is 0 Å². The number of rotatable bonds is 45. The molecular formula is C56H98O9. The van der Waals surface area contributed by atoms with Gasteiger partial charge in [-0.15, -0.1) is 0 Å². The fourth-order valence-corrected chi connectivity index (χ4v) is 7.79. The predicted molar refractivity (Wildman–Crippen MR) is 270 cm³/mol. The van der Waals surface area contributed by atoms with Crippen molar-refractivity contribution >= 4 is 5.97 Å². The number of hydrogen-bond acceptors (Lipinski definition) is 9. The lowest BCUT2D eigenvalue weighted by Gasteiger charge is -2.39. The third-order valence-electron chi connectivity index (χ3n) is 11.9. The van der Waals surface area contributed by atoms with Crippen LogP contribution in [-0.2, 0) is 23.7 Å². The van der Waals surface area contributed by atoms with Gasteiger partial charge in [-0.3, -0.25) is 4.79 Å². The van der Waals surface area contributed by atoms with Crippen molar-refractivity contribution in [1.29, 1.82) is 0 Å². The highest BCUT2D eigenvalue weighted by Gasteiger charge is 2.44. The van der Waals surface area contributed by atoms with Crippen LogP contribution in [0.15, 0.2) is 72.9 Å². The van der Waals surface area contributed by atoms with Gasteiger partial charge in [0.2, 0.25) is 0 Å². The van der Waals surface area contributed by atoms with Gasteiger partial charge in [0.25, 0.3) is 0 Å². The summed E-state index contributed by atoms with van der Waals surface area (Å²) in [5, 5.41) is 40.3. The zero-order valence-corrected chi connectivity index (χ0v) is 41.5. The summed E-state index contributed by atoms with van der Waals surface area (Å²) in [6, 6.07) is 0. The zero-order valence-electron chi connectivity index (χ0n) is 41.5. The molecule has 6 atom stereocenters. The SMILES string of the molecule is CC/C=C\C/C=C\C/C=C\C/C=C\C/C=C\C/C=C\CCCCCCCCCOCC(COC1OC(CO)C(O)C(O)C1O)OC(=O)CCCCCCCCCCCCCCCCCC. The number of carbonyl (C=O) groups is 1. The maximum atomic E-state index is 12.8. The summed E-state index contributed by atoms with van der Waals surface area (Å²) in [5.41, 5.74) is 0. The minimum Gasteiger partial charge on any atom is -0.457 e. The van der Waals surface area contributed by atoms with Crippen molar-refractivity contribution in [3.05, 3.63) is 72.9 Å². The van der Waals surface area contributed by atoms with Crippen LogP contribution in [0.3, 0.4) is 0 Å². The molecule has 9 nitrogen and oxygen atoms in total. The Labute approximate surface area is 397 Å². The van der Waals surface area contributed by atoms with Crippen LogP contribution in [0.2, 0.25) is 0 Å². The van der Waals surface area contributed by atoms with E-state index in [4.69, 9.17) is 18.9 Å². The molecule has 1 rings (SSSR count). The van der Waals surface area contributed by atoms with Crippen LogP contribution < -0.4 is 0 Å². The van der Waals surface area contributed by atoms with Gasteiger partial charge in [-0.25, -0.2) is 0 Å². The molecule has 0 aromatic carbocycles. The molecule has 0 saturated carbocycles. The highest BCUT2D eigenvalue weighted by Crippen LogP contribution is 2.23. The molecule has 0 aliphatic carbocycles. The third kappa shape index (κ3) is 37.3. The van der Waals surface area contributed by atoms with Crippen LogP contribution in [0, 0.1) is 0 Å². The quantitative estimate of drug-likeness (QED) is 0.0267. The van der Waals surface area contributed by atoms with Crippen LogP contribution in [-0.4, -0.2) is 89.6 Å². The van der Waals surface area contributed by atoms with Gasteiger partial charge in [0.1, 0.15) is 30.5 Å². The van der Waals surface area contributed by atoms with Crippen molar-refractivity contribution < 1.29 is 44.2 Å². The first kappa shape index (κ1) is 60.6. The zero-order chi connectivity index (χ0) is 47.1. The molecule has 4 N–H and O–H groups in total. The van der Waals surface area contributed by atoms with Crippen molar-refractivity contribution in [2.45, 2.75) is 250 Å². The van der Waals surface area contributed by atoms with E-state index in [1.165, 1.54) is 109 Å². The molecule has 376 valence electrons. The lowest BCUT2D eigenvalue weighted by atomic mass is 9.99.